The van der Waals surface area contributed by atoms with Gasteiger partial charge in [0.25, 0.3) is 0 Å². The molecule has 1 aromatic rings. The average Bonchev–Trinajstić information content (AvgIpc) is 2.39. The molecule has 6 nitrogen and oxygen atoms in total. The summed E-state index contributed by atoms with van der Waals surface area (Å²) in [6.45, 7) is 7.48. The van der Waals surface area contributed by atoms with E-state index in [2.05, 4.69) is 9.97 Å². The Morgan fingerprint density at radius 1 is 1.45 bits per heavy atom. The number of anilines is 1. The van der Waals surface area contributed by atoms with Gasteiger partial charge in [0.05, 0.1) is 12.0 Å². The Bertz CT molecular complexity index is 496. The van der Waals surface area contributed by atoms with Crippen molar-refractivity contribution < 1.29 is 14.6 Å². The summed E-state index contributed by atoms with van der Waals surface area (Å²) in [7, 11) is 0. The Labute approximate surface area is 118 Å². The van der Waals surface area contributed by atoms with Gasteiger partial charge in [0.15, 0.2) is 0 Å². The van der Waals surface area contributed by atoms with Crippen LogP contribution in [0.3, 0.4) is 0 Å². The molecule has 20 heavy (non-hydrogen) atoms. The third-order valence-electron chi connectivity index (χ3n) is 3.78. The fraction of sp³-hybridized carbons (Fsp3) is 0.643. The first-order valence-corrected chi connectivity index (χ1v) is 6.91. The molecule has 1 N–H and O–H groups in total. The summed E-state index contributed by atoms with van der Waals surface area (Å²) in [6.07, 6.45) is 1.20. The van der Waals surface area contributed by atoms with Crippen molar-refractivity contribution in [2.45, 2.75) is 33.6 Å². The average molecular weight is 279 g/mol. The van der Waals surface area contributed by atoms with Gasteiger partial charge in [0.2, 0.25) is 11.8 Å². The lowest BCUT2D eigenvalue weighted by Crippen LogP contribution is -2.43. The van der Waals surface area contributed by atoms with Crippen LogP contribution in [0.4, 0.5) is 5.95 Å². The highest BCUT2D eigenvalue weighted by Crippen LogP contribution is 2.32. The van der Waals surface area contributed by atoms with Gasteiger partial charge in [0, 0.05) is 24.8 Å². The Morgan fingerprint density at radius 2 is 2.10 bits per heavy atom. The van der Waals surface area contributed by atoms with Crippen molar-refractivity contribution in [3.8, 4) is 5.88 Å². The highest BCUT2D eigenvalue weighted by molar-refractivity contribution is 5.74. The third kappa shape index (κ3) is 3.00. The van der Waals surface area contributed by atoms with E-state index in [4.69, 9.17) is 4.74 Å². The summed E-state index contributed by atoms with van der Waals surface area (Å²) in [5.74, 6) is 0.472. The molecule has 0 spiro atoms. The molecule has 2 heterocycles. The first-order chi connectivity index (χ1) is 9.44. The lowest BCUT2D eigenvalue weighted by Gasteiger charge is -2.36. The van der Waals surface area contributed by atoms with E-state index in [9.17, 15) is 9.90 Å². The molecule has 6 heteroatoms. The van der Waals surface area contributed by atoms with E-state index in [1.807, 2.05) is 18.7 Å². The zero-order chi connectivity index (χ0) is 14.8. The van der Waals surface area contributed by atoms with Gasteiger partial charge in [-0.15, -0.1) is 0 Å². The number of aliphatic carboxylic acids is 1. The van der Waals surface area contributed by atoms with E-state index < -0.39 is 11.4 Å². The molecule has 0 radical (unpaired) electrons. The van der Waals surface area contributed by atoms with Crippen LogP contribution in [-0.2, 0) is 4.79 Å². The molecular weight excluding hydrogens is 258 g/mol. The van der Waals surface area contributed by atoms with Crippen LogP contribution in [0, 0.1) is 12.3 Å². The number of aryl methyl sites for hydroxylation is 1. The molecule has 1 aliphatic heterocycles. The quantitative estimate of drug-likeness (QED) is 0.907. The number of piperidine rings is 1. The summed E-state index contributed by atoms with van der Waals surface area (Å²) in [4.78, 5) is 22.1. The SMILES string of the molecule is CCOc1cc(C)nc(N2CCC(C)(C(=O)O)CC2)n1. The number of hydrogen-bond donors (Lipinski definition) is 1. The highest BCUT2D eigenvalue weighted by Gasteiger charge is 2.37. The van der Waals surface area contributed by atoms with Gasteiger partial charge in [0.1, 0.15) is 0 Å². The van der Waals surface area contributed by atoms with Crippen molar-refractivity contribution in [3.05, 3.63) is 11.8 Å². The predicted molar refractivity (Wildman–Crippen MR) is 75.1 cm³/mol. The topological polar surface area (TPSA) is 75.5 Å². The van der Waals surface area contributed by atoms with Crippen LogP contribution in [0.15, 0.2) is 6.07 Å². The number of hydrogen-bond acceptors (Lipinski definition) is 5. The maximum absolute atomic E-state index is 11.2. The molecule has 0 saturated carbocycles. The lowest BCUT2D eigenvalue weighted by molar-refractivity contribution is -0.149. The van der Waals surface area contributed by atoms with Crippen molar-refractivity contribution >= 4 is 11.9 Å². The minimum absolute atomic E-state index is 0.562. The second-order valence-electron chi connectivity index (χ2n) is 5.43. The molecular formula is C14H21N3O3. The second kappa shape index (κ2) is 5.64. The van der Waals surface area contributed by atoms with Gasteiger partial charge in [-0.3, -0.25) is 4.79 Å². The van der Waals surface area contributed by atoms with E-state index in [0.717, 1.165) is 5.69 Å². The van der Waals surface area contributed by atoms with Gasteiger partial charge < -0.3 is 14.7 Å². The Morgan fingerprint density at radius 3 is 2.65 bits per heavy atom. The van der Waals surface area contributed by atoms with Crippen LogP contribution < -0.4 is 9.64 Å². The van der Waals surface area contributed by atoms with Crippen LogP contribution in [0.25, 0.3) is 0 Å². The number of ether oxygens (including phenoxy) is 1. The highest BCUT2D eigenvalue weighted by atomic mass is 16.5. The first-order valence-electron chi connectivity index (χ1n) is 6.91. The molecule has 0 amide bonds. The summed E-state index contributed by atoms with van der Waals surface area (Å²) in [5.41, 5.74) is 0.216. The van der Waals surface area contributed by atoms with Crippen LogP contribution in [0.5, 0.6) is 5.88 Å². The minimum Gasteiger partial charge on any atom is -0.481 e. The van der Waals surface area contributed by atoms with Crippen molar-refractivity contribution in [2.75, 3.05) is 24.6 Å². The number of aromatic nitrogens is 2. The van der Waals surface area contributed by atoms with Gasteiger partial charge in [-0.2, -0.15) is 4.98 Å². The second-order valence-corrected chi connectivity index (χ2v) is 5.43. The maximum atomic E-state index is 11.2. The van der Waals surface area contributed by atoms with E-state index in [0.29, 0.717) is 44.4 Å². The minimum atomic E-state index is -0.725. The molecule has 0 atom stereocenters. The first kappa shape index (κ1) is 14.6. The standard InChI is InChI=1S/C14H21N3O3/c1-4-20-11-9-10(2)15-13(16-11)17-7-5-14(3,6-8-17)12(18)19/h9H,4-8H2,1-3H3,(H,18,19). The Balaban J connectivity index is 2.12. The van der Waals surface area contributed by atoms with E-state index in [1.54, 1.807) is 13.0 Å². The summed E-state index contributed by atoms with van der Waals surface area (Å²) >= 11 is 0. The molecule has 0 aromatic carbocycles. The number of nitrogens with zero attached hydrogens (tertiary/aromatic N) is 3. The fourth-order valence-electron chi connectivity index (χ4n) is 2.30. The van der Waals surface area contributed by atoms with E-state index in [1.165, 1.54) is 0 Å². The summed E-state index contributed by atoms with van der Waals surface area (Å²) < 4.78 is 5.43. The van der Waals surface area contributed by atoms with E-state index in [-0.39, 0.29) is 0 Å². The third-order valence-corrected chi connectivity index (χ3v) is 3.78. The molecule has 1 aromatic heterocycles. The van der Waals surface area contributed by atoms with Crippen LogP contribution in [0.1, 0.15) is 32.4 Å². The molecule has 1 aliphatic rings. The fourth-order valence-corrected chi connectivity index (χ4v) is 2.30. The van der Waals surface area contributed by atoms with Crippen LogP contribution in [-0.4, -0.2) is 40.7 Å². The number of carbonyl (C=O) groups is 1. The molecule has 1 fully saturated rings. The van der Waals surface area contributed by atoms with Crippen molar-refractivity contribution in [1.82, 2.24) is 9.97 Å². The monoisotopic (exact) mass is 279 g/mol. The largest absolute Gasteiger partial charge is 0.481 e. The van der Waals surface area contributed by atoms with Crippen molar-refractivity contribution in [1.29, 1.82) is 0 Å². The zero-order valence-electron chi connectivity index (χ0n) is 12.2. The van der Waals surface area contributed by atoms with Crippen LogP contribution in [0.2, 0.25) is 0 Å². The maximum Gasteiger partial charge on any atom is 0.309 e. The molecule has 110 valence electrons. The Hall–Kier alpha value is -1.85. The zero-order valence-corrected chi connectivity index (χ0v) is 12.2. The van der Waals surface area contributed by atoms with Crippen LogP contribution >= 0.6 is 0 Å². The number of rotatable bonds is 4. The molecule has 1 saturated heterocycles. The smallest absolute Gasteiger partial charge is 0.309 e. The molecule has 2 rings (SSSR count). The summed E-state index contributed by atoms with van der Waals surface area (Å²) in [6, 6.07) is 1.80. The predicted octanol–water partition coefficient (Wildman–Crippen LogP) is 1.87. The van der Waals surface area contributed by atoms with Gasteiger partial charge in [-0.1, -0.05) is 0 Å². The number of carboxylic acid groups (broad SMARTS) is 1. The molecule has 0 bridgehead atoms. The van der Waals surface area contributed by atoms with Gasteiger partial charge >= 0.3 is 5.97 Å². The van der Waals surface area contributed by atoms with Gasteiger partial charge in [-0.25, -0.2) is 4.98 Å². The van der Waals surface area contributed by atoms with E-state index >= 15 is 0 Å². The lowest BCUT2D eigenvalue weighted by atomic mass is 9.80. The van der Waals surface area contributed by atoms with Crippen molar-refractivity contribution in [3.63, 3.8) is 0 Å². The summed E-state index contributed by atoms with van der Waals surface area (Å²) in [5, 5.41) is 9.24. The normalized spacial score (nSPS) is 17.9. The van der Waals surface area contributed by atoms with Crippen molar-refractivity contribution in [2.24, 2.45) is 5.41 Å². The number of carboxylic acids is 1. The Kier molecular flexibility index (Phi) is 4.11. The van der Waals surface area contributed by atoms with Gasteiger partial charge in [-0.05, 0) is 33.6 Å². The molecule has 0 unspecified atom stereocenters. The molecule has 0 aliphatic carbocycles.